The molecule has 0 spiro atoms. The van der Waals surface area contributed by atoms with Crippen molar-refractivity contribution in [3.63, 3.8) is 0 Å². The van der Waals surface area contributed by atoms with Gasteiger partial charge in [-0.2, -0.15) is 0 Å². The van der Waals surface area contributed by atoms with Crippen LogP contribution in [0.1, 0.15) is 19.3 Å². The van der Waals surface area contributed by atoms with Crippen LogP contribution in [0, 0.1) is 0 Å². The van der Waals surface area contributed by atoms with Gasteiger partial charge in [0.25, 0.3) is 0 Å². The van der Waals surface area contributed by atoms with Crippen LogP contribution in [0.5, 0.6) is 0 Å². The number of aliphatic hydroxyl groups excluding tert-OH is 1. The summed E-state index contributed by atoms with van der Waals surface area (Å²) >= 11 is 0. The van der Waals surface area contributed by atoms with Gasteiger partial charge >= 0.3 is 12.0 Å². The van der Waals surface area contributed by atoms with Gasteiger partial charge < -0.3 is 20.2 Å². The second kappa shape index (κ2) is 5.43. The fraction of sp³-hybridized carbons (Fsp3) is 0.750. The van der Waals surface area contributed by atoms with Crippen LogP contribution < -0.4 is 10.6 Å². The minimum absolute atomic E-state index is 0.0854. The molecule has 6 nitrogen and oxygen atoms in total. The molecule has 0 aromatic carbocycles. The van der Waals surface area contributed by atoms with E-state index in [4.69, 9.17) is 15.3 Å². The molecule has 0 aliphatic rings. The summed E-state index contributed by atoms with van der Waals surface area (Å²) in [5.74, 6) is 0. The van der Waals surface area contributed by atoms with E-state index in [1.165, 1.54) is 0 Å². The van der Waals surface area contributed by atoms with Gasteiger partial charge in [0, 0.05) is 20.2 Å². The topological polar surface area (TPSA) is 88.4 Å². The molecule has 6 heteroatoms. The van der Waals surface area contributed by atoms with Crippen molar-refractivity contribution < 1.29 is 9.52 Å². The quantitative estimate of drug-likeness (QED) is 0.640. The lowest BCUT2D eigenvalue weighted by molar-refractivity contribution is 0.283. The number of aromatic nitrogens is 2. The molecule has 14 heavy (non-hydrogen) atoms. The smallest absolute Gasteiger partial charge is 0.319 e. The zero-order chi connectivity index (χ0) is 10.4. The van der Waals surface area contributed by atoms with Crippen molar-refractivity contribution in [3.05, 3.63) is 0 Å². The van der Waals surface area contributed by atoms with Gasteiger partial charge in [-0.3, -0.25) is 0 Å². The first-order valence-corrected chi connectivity index (χ1v) is 4.65. The Morgan fingerprint density at radius 2 is 2.14 bits per heavy atom. The Hall–Kier alpha value is -1.30. The number of rotatable bonds is 6. The van der Waals surface area contributed by atoms with E-state index in [1.807, 2.05) is 11.9 Å². The highest BCUT2D eigenvalue weighted by Gasteiger charge is 2.07. The molecule has 0 radical (unpaired) electrons. The fourth-order valence-corrected chi connectivity index (χ4v) is 1.11. The monoisotopic (exact) mass is 200 g/mol. The molecule has 1 aromatic rings. The predicted octanol–water partition coefficient (Wildman–Crippen LogP) is 0.251. The Balaban J connectivity index is 2.25. The van der Waals surface area contributed by atoms with Crippen molar-refractivity contribution in [2.45, 2.75) is 19.3 Å². The Bertz CT molecular complexity index is 264. The standard InChI is InChI=1S/C8H16N4O2/c1-12(5-3-2-4-6-13)8-11-10-7(9)14-8/h13H,2-6H2,1H3,(H2,9,10). The lowest BCUT2D eigenvalue weighted by Gasteiger charge is -2.12. The zero-order valence-corrected chi connectivity index (χ0v) is 8.31. The van der Waals surface area contributed by atoms with E-state index < -0.39 is 0 Å². The molecule has 0 aliphatic heterocycles. The third-order valence-electron chi connectivity index (χ3n) is 1.91. The van der Waals surface area contributed by atoms with Crippen molar-refractivity contribution in [2.75, 3.05) is 30.8 Å². The maximum atomic E-state index is 8.58. The molecule has 0 saturated carbocycles. The van der Waals surface area contributed by atoms with E-state index >= 15 is 0 Å². The molecular formula is C8H16N4O2. The first-order chi connectivity index (χ1) is 6.74. The van der Waals surface area contributed by atoms with Gasteiger partial charge in [0.15, 0.2) is 0 Å². The summed E-state index contributed by atoms with van der Waals surface area (Å²) in [7, 11) is 1.87. The summed E-state index contributed by atoms with van der Waals surface area (Å²) in [6.45, 7) is 1.07. The number of hydrogen-bond donors (Lipinski definition) is 2. The lowest BCUT2D eigenvalue weighted by Crippen LogP contribution is -2.18. The van der Waals surface area contributed by atoms with Crippen LogP contribution in [0.2, 0.25) is 0 Å². The van der Waals surface area contributed by atoms with E-state index in [2.05, 4.69) is 10.2 Å². The summed E-state index contributed by atoms with van der Waals surface area (Å²) in [6, 6.07) is 0.522. The molecule has 1 heterocycles. The molecule has 0 bridgehead atoms. The first kappa shape index (κ1) is 10.8. The van der Waals surface area contributed by atoms with Crippen LogP contribution in [-0.2, 0) is 0 Å². The van der Waals surface area contributed by atoms with Crippen LogP contribution in [0.25, 0.3) is 0 Å². The van der Waals surface area contributed by atoms with Gasteiger partial charge in [-0.05, 0) is 19.3 Å². The molecule has 0 saturated heterocycles. The van der Waals surface area contributed by atoms with Gasteiger partial charge in [0.1, 0.15) is 0 Å². The highest BCUT2D eigenvalue weighted by atomic mass is 16.4. The SMILES string of the molecule is CN(CCCCCO)c1nnc(N)o1. The molecule has 1 aromatic heterocycles. The van der Waals surface area contributed by atoms with Gasteiger partial charge in [-0.25, -0.2) is 0 Å². The maximum absolute atomic E-state index is 8.58. The van der Waals surface area contributed by atoms with Crippen LogP contribution in [0.3, 0.4) is 0 Å². The number of nitrogens with zero attached hydrogens (tertiary/aromatic N) is 3. The third-order valence-corrected chi connectivity index (χ3v) is 1.91. The number of nitrogens with two attached hydrogens (primary N) is 1. The Labute approximate surface area is 82.7 Å². The second-order valence-corrected chi connectivity index (χ2v) is 3.13. The van der Waals surface area contributed by atoms with Crippen molar-refractivity contribution in [1.29, 1.82) is 0 Å². The number of nitrogen functional groups attached to an aromatic ring is 1. The molecular weight excluding hydrogens is 184 g/mol. The van der Waals surface area contributed by atoms with Crippen molar-refractivity contribution in [1.82, 2.24) is 10.2 Å². The lowest BCUT2D eigenvalue weighted by atomic mass is 10.2. The molecule has 3 N–H and O–H groups in total. The molecule has 0 atom stereocenters. The molecule has 80 valence electrons. The first-order valence-electron chi connectivity index (χ1n) is 4.65. The van der Waals surface area contributed by atoms with E-state index in [0.29, 0.717) is 6.01 Å². The normalized spacial score (nSPS) is 10.4. The molecule has 0 aliphatic carbocycles. The average molecular weight is 200 g/mol. The summed E-state index contributed by atoms with van der Waals surface area (Å²) in [5, 5.41) is 15.9. The molecule has 0 amide bonds. The number of aliphatic hydroxyl groups is 1. The highest BCUT2D eigenvalue weighted by molar-refractivity contribution is 5.25. The Morgan fingerprint density at radius 3 is 2.71 bits per heavy atom. The van der Waals surface area contributed by atoms with E-state index in [1.54, 1.807) is 0 Å². The van der Waals surface area contributed by atoms with Crippen molar-refractivity contribution >= 4 is 12.0 Å². The van der Waals surface area contributed by atoms with Gasteiger partial charge in [-0.1, -0.05) is 10.2 Å². The maximum Gasteiger partial charge on any atom is 0.319 e. The minimum Gasteiger partial charge on any atom is -0.396 e. The summed E-state index contributed by atoms with van der Waals surface area (Å²) in [6.07, 6.45) is 2.81. The van der Waals surface area contributed by atoms with E-state index in [-0.39, 0.29) is 12.6 Å². The number of unbranched alkanes of at least 4 members (excludes halogenated alkanes) is 2. The largest absolute Gasteiger partial charge is 0.396 e. The van der Waals surface area contributed by atoms with Crippen molar-refractivity contribution in [3.8, 4) is 0 Å². The average Bonchev–Trinajstić information content (AvgIpc) is 2.59. The second-order valence-electron chi connectivity index (χ2n) is 3.13. The summed E-state index contributed by atoms with van der Waals surface area (Å²) in [4.78, 5) is 1.85. The van der Waals surface area contributed by atoms with Gasteiger partial charge in [-0.15, -0.1) is 0 Å². The number of anilines is 2. The van der Waals surface area contributed by atoms with E-state index in [0.717, 1.165) is 25.8 Å². The predicted molar refractivity (Wildman–Crippen MR) is 52.9 cm³/mol. The third kappa shape index (κ3) is 3.21. The van der Waals surface area contributed by atoms with Crippen LogP contribution in [-0.4, -0.2) is 35.5 Å². The molecule has 0 fully saturated rings. The van der Waals surface area contributed by atoms with Gasteiger partial charge in [0.2, 0.25) is 0 Å². The van der Waals surface area contributed by atoms with Gasteiger partial charge in [0.05, 0.1) is 0 Å². The Kier molecular flexibility index (Phi) is 4.18. The van der Waals surface area contributed by atoms with Crippen molar-refractivity contribution in [2.24, 2.45) is 0 Å². The van der Waals surface area contributed by atoms with Crippen LogP contribution >= 0.6 is 0 Å². The number of hydrogen-bond acceptors (Lipinski definition) is 6. The summed E-state index contributed by atoms with van der Waals surface area (Å²) < 4.78 is 5.03. The highest BCUT2D eigenvalue weighted by Crippen LogP contribution is 2.11. The van der Waals surface area contributed by atoms with Crippen LogP contribution in [0.15, 0.2) is 4.42 Å². The fourth-order valence-electron chi connectivity index (χ4n) is 1.11. The Morgan fingerprint density at radius 1 is 1.36 bits per heavy atom. The minimum atomic E-state index is 0.0854. The van der Waals surface area contributed by atoms with Crippen LogP contribution in [0.4, 0.5) is 12.0 Å². The molecule has 1 rings (SSSR count). The summed E-state index contributed by atoms with van der Waals surface area (Å²) in [5.41, 5.74) is 5.29. The van der Waals surface area contributed by atoms with E-state index in [9.17, 15) is 0 Å². The molecule has 0 unspecified atom stereocenters. The zero-order valence-electron chi connectivity index (χ0n) is 8.31.